The van der Waals surface area contributed by atoms with Gasteiger partial charge in [-0.25, -0.2) is 0 Å². The molecule has 0 bridgehead atoms. The van der Waals surface area contributed by atoms with E-state index in [-0.39, 0.29) is 11.3 Å². The second kappa shape index (κ2) is 6.64. The summed E-state index contributed by atoms with van der Waals surface area (Å²) in [6.07, 6.45) is 1.00. The normalized spacial score (nSPS) is 19.5. The number of rotatable bonds is 5. The predicted octanol–water partition coefficient (Wildman–Crippen LogP) is 2.87. The van der Waals surface area contributed by atoms with Crippen molar-refractivity contribution in [3.63, 3.8) is 0 Å². The molecule has 1 aromatic rings. The van der Waals surface area contributed by atoms with Crippen molar-refractivity contribution in [2.24, 2.45) is 0 Å². The summed E-state index contributed by atoms with van der Waals surface area (Å²) in [4.78, 5) is 16.1. The van der Waals surface area contributed by atoms with Gasteiger partial charge >= 0.3 is 0 Å². The molecule has 1 saturated heterocycles. The van der Waals surface area contributed by atoms with Crippen molar-refractivity contribution in [2.45, 2.75) is 11.8 Å². The highest BCUT2D eigenvalue weighted by Crippen LogP contribution is 2.38. The van der Waals surface area contributed by atoms with Crippen LogP contribution in [0.2, 0.25) is 5.02 Å². The van der Waals surface area contributed by atoms with E-state index < -0.39 is 0 Å². The molecule has 0 radical (unpaired) electrons. The molecule has 1 fully saturated rings. The SMILES string of the molecule is CN(C)CCCN1C(=O)CS[C@@H]1c1ccc(Cl)cc1. The van der Waals surface area contributed by atoms with Crippen molar-refractivity contribution in [1.29, 1.82) is 0 Å². The maximum absolute atomic E-state index is 12.0. The molecule has 0 unspecified atom stereocenters. The summed E-state index contributed by atoms with van der Waals surface area (Å²) in [5, 5.41) is 0.879. The minimum absolute atomic E-state index is 0.145. The Morgan fingerprint density at radius 3 is 2.68 bits per heavy atom. The Hall–Kier alpha value is -0.710. The van der Waals surface area contributed by atoms with Gasteiger partial charge in [0.15, 0.2) is 0 Å². The Bertz CT molecular complexity index is 436. The van der Waals surface area contributed by atoms with Gasteiger partial charge in [-0.15, -0.1) is 11.8 Å². The Kier molecular flexibility index (Phi) is 5.13. The van der Waals surface area contributed by atoms with Gasteiger partial charge in [0.2, 0.25) is 5.91 Å². The molecular weight excluding hydrogens is 280 g/mol. The van der Waals surface area contributed by atoms with Crippen molar-refractivity contribution in [2.75, 3.05) is 32.9 Å². The molecule has 1 heterocycles. The van der Waals surface area contributed by atoms with Crippen LogP contribution in [-0.4, -0.2) is 48.6 Å². The van der Waals surface area contributed by atoms with Crippen molar-refractivity contribution < 1.29 is 4.79 Å². The molecule has 1 aliphatic heterocycles. The number of halogens is 1. The molecule has 0 N–H and O–H groups in total. The van der Waals surface area contributed by atoms with E-state index in [1.807, 2.05) is 29.2 Å². The van der Waals surface area contributed by atoms with Gasteiger partial charge in [0.25, 0.3) is 0 Å². The Morgan fingerprint density at radius 1 is 1.37 bits per heavy atom. The maximum atomic E-state index is 12.0. The number of hydrogen-bond donors (Lipinski definition) is 0. The van der Waals surface area contributed by atoms with Gasteiger partial charge in [0, 0.05) is 11.6 Å². The highest BCUT2D eigenvalue weighted by atomic mass is 35.5. The molecule has 19 heavy (non-hydrogen) atoms. The van der Waals surface area contributed by atoms with Crippen LogP contribution in [0.3, 0.4) is 0 Å². The molecule has 0 aliphatic carbocycles. The largest absolute Gasteiger partial charge is 0.326 e. The van der Waals surface area contributed by atoms with Gasteiger partial charge in [0.05, 0.1) is 5.75 Å². The summed E-state index contributed by atoms with van der Waals surface area (Å²) in [6, 6.07) is 7.80. The van der Waals surface area contributed by atoms with E-state index >= 15 is 0 Å². The smallest absolute Gasteiger partial charge is 0.233 e. The number of carbonyl (C=O) groups is 1. The van der Waals surface area contributed by atoms with E-state index in [2.05, 4.69) is 19.0 Å². The van der Waals surface area contributed by atoms with E-state index in [0.29, 0.717) is 5.75 Å². The van der Waals surface area contributed by atoms with Gasteiger partial charge in [-0.1, -0.05) is 23.7 Å². The summed E-state index contributed by atoms with van der Waals surface area (Å²) >= 11 is 7.61. The minimum Gasteiger partial charge on any atom is -0.326 e. The number of hydrogen-bond acceptors (Lipinski definition) is 3. The summed E-state index contributed by atoms with van der Waals surface area (Å²) in [5.41, 5.74) is 1.16. The lowest BCUT2D eigenvalue weighted by Gasteiger charge is -2.25. The molecule has 104 valence electrons. The van der Waals surface area contributed by atoms with Crippen LogP contribution in [0.15, 0.2) is 24.3 Å². The van der Waals surface area contributed by atoms with Crippen LogP contribution in [-0.2, 0) is 4.79 Å². The van der Waals surface area contributed by atoms with E-state index in [9.17, 15) is 4.79 Å². The number of carbonyl (C=O) groups excluding carboxylic acids is 1. The molecule has 1 amide bonds. The third-order valence-corrected chi connectivity index (χ3v) is 4.64. The zero-order chi connectivity index (χ0) is 13.8. The van der Waals surface area contributed by atoms with Crippen LogP contribution in [0.4, 0.5) is 0 Å². The molecule has 0 saturated carbocycles. The molecular formula is C14H19ClN2OS. The Labute approximate surface area is 123 Å². The Balaban J connectivity index is 2.02. The van der Waals surface area contributed by atoms with E-state index in [4.69, 9.17) is 11.6 Å². The van der Waals surface area contributed by atoms with Crippen LogP contribution < -0.4 is 0 Å². The lowest BCUT2D eigenvalue weighted by molar-refractivity contribution is -0.128. The van der Waals surface area contributed by atoms with Gasteiger partial charge < -0.3 is 9.80 Å². The lowest BCUT2D eigenvalue weighted by Crippen LogP contribution is -2.31. The molecule has 1 atom stereocenters. The fourth-order valence-electron chi connectivity index (χ4n) is 2.16. The van der Waals surface area contributed by atoms with E-state index in [1.165, 1.54) is 0 Å². The molecule has 1 aliphatic rings. The average molecular weight is 299 g/mol. The number of amides is 1. The zero-order valence-corrected chi connectivity index (χ0v) is 12.9. The summed E-state index contributed by atoms with van der Waals surface area (Å²) in [6.45, 7) is 1.82. The molecule has 2 rings (SSSR count). The second-order valence-electron chi connectivity index (χ2n) is 4.96. The minimum atomic E-state index is 0.145. The van der Waals surface area contributed by atoms with Crippen molar-refractivity contribution in [3.05, 3.63) is 34.9 Å². The fraction of sp³-hybridized carbons (Fsp3) is 0.500. The van der Waals surface area contributed by atoms with Crippen molar-refractivity contribution >= 4 is 29.3 Å². The summed E-state index contributed by atoms with van der Waals surface area (Å²) in [7, 11) is 4.11. The molecule has 0 aromatic heterocycles. The number of benzene rings is 1. The van der Waals surface area contributed by atoms with Crippen LogP contribution in [0.1, 0.15) is 17.4 Å². The zero-order valence-electron chi connectivity index (χ0n) is 11.3. The summed E-state index contributed by atoms with van der Waals surface area (Å²) < 4.78 is 0. The first-order valence-corrected chi connectivity index (χ1v) is 7.82. The highest BCUT2D eigenvalue weighted by Gasteiger charge is 2.32. The van der Waals surface area contributed by atoms with Crippen LogP contribution in [0, 0.1) is 0 Å². The second-order valence-corrected chi connectivity index (χ2v) is 6.46. The summed E-state index contributed by atoms with van der Waals surface area (Å²) in [5.74, 6) is 0.818. The first-order chi connectivity index (χ1) is 9.08. The first-order valence-electron chi connectivity index (χ1n) is 6.39. The first kappa shape index (κ1) is 14.7. The van der Waals surface area contributed by atoms with Gasteiger partial charge in [-0.05, 0) is 44.8 Å². The third kappa shape index (κ3) is 3.88. The molecule has 5 heteroatoms. The fourth-order valence-corrected chi connectivity index (χ4v) is 3.50. The number of thioether (sulfide) groups is 1. The lowest BCUT2D eigenvalue weighted by atomic mass is 10.2. The van der Waals surface area contributed by atoms with Crippen molar-refractivity contribution in [1.82, 2.24) is 9.80 Å². The molecule has 3 nitrogen and oxygen atoms in total. The van der Waals surface area contributed by atoms with Crippen LogP contribution in [0.25, 0.3) is 0 Å². The van der Waals surface area contributed by atoms with Crippen LogP contribution in [0.5, 0.6) is 0 Å². The van der Waals surface area contributed by atoms with Crippen LogP contribution >= 0.6 is 23.4 Å². The highest BCUT2D eigenvalue weighted by molar-refractivity contribution is 8.00. The monoisotopic (exact) mass is 298 g/mol. The van der Waals surface area contributed by atoms with Gasteiger partial charge in [-0.2, -0.15) is 0 Å². The third-order valence-electron chi connectivity index (χ3n) is 3.13. The molecule has 1 aromatic carbocycles. The predicted molar refractivity (Wildman–Crippen MR) is 81.5 cm³/mol. The topological polar surface area (TPSA) is 23.6 Å². The van der Waals surface area contributed by atoms with Gasteiger partial charge in [0.1, 0.15) is 5.37 Å². The maximum Gasteiger partial charge on any atom is 0.233 e. The number of nitrogens with zero attached hydrogens (tertiary/aromatic N) is 2. The van der Waals surface area contributed by atoms with E-state index in [1.54, 1.807) is 11.8 Å². The quantitative estimate of drug-likeness (QED) is 0.835. The van der Waals surface area contributed by atoms with Crippen molar-refractivity contribution in [3.8, 4) is 0 Å². The standard InChI is InChI=1S/C14H19ClN2OS/c1-16(2)8-3-9-17-13(18)10-19-14(17)11-4-6-12(15)7-5-11/h4-7,14H,3,8-10H2,1-2H3/t14-/m1/s1. The van der Waals surface area contributed by atoms with E-state index in [0.717, 1.165) is 30.1 Å². The molecule has 0 spiro atoms. The van der Waals surface area contributed by atoms with Gasteiger partial charge in [-0.3, -0.25) is 4.79 Å². The average Bonchev–Trinajstić information content (AvgIpc) is 2.72. The Morgan fingerprint density at radius 2 is 2.05 bits per heavy atom.